The van der Waals surface area contributed by atoms with Gasteiger partial charge in [0.15, 0.2) is 16.7 Å². The van der Waals surface area contributed by atoms with Gasteiger partial charge in [0.1, 0.15) is 0 Å². The molecule has 3 rings (SSSR count). The fraction of sp³-hybridized carbons (Fsp3) is 0.333. The quantitative estimate of drug-likeness (QED) is 0.455. The van der Waals surface area contributed by atoms with Crippen molar-refractivity contribution in [1.29, 1.82) is 0 Å². The molecule has 1 amide bonds. The molecule has 0 atom stereocenters. The Hall–Kier alpha value is -2.93. The van der Waals surface area contributed by atoms with Gasteiger partial charge in [0.05, 0.1) is 25.7 Å². The summed E-state index contributed by atoms with van der Waals surface area (Å²) in [6.45, 7) is 7.29. The van der Waals surface area contributed by atoms with E-state index in [0.29, 0.717) is 30.3 Å². The minimum Gasteiger partial charge on any atom is -0.493 e. The van der Waals surface area contributed by atoms with Gasteiger partial charge in [-0.3, -0.25) is 9.36 Å². The van der Waals surface area contributed by atoms with Crippen molar-refractivity contribution >= 4 is 17.7 Å². The van der Waals surface area contributed by atoms with Crippen LogP contribution in [0.3, 0.4) is 0 Å². The molecule has 6 nitrogen and oxygen atoms in total. The first-order valence-electron chi connectivity index (χ1n) is 10.2. The maximum atomic E-state index is 12.9. The highest BCUT2D eigenvalue weighted by Gasteiger charge is 2.16. The van der Waals surface area contributed by atoms with Crippen LogP contribution in [0.4, 0.5) is 0 Å². The number of imidazole rings is 1. The van der Waals surface area contributed by atoms with Gasteiger partial charge in [0.25, 0.3) is 0 Å². The predicted octanol–water partition coefficient (Wildman–Crippen LogP) is 4.65. The van der Waals surface area contributed by atoms with Crippen LogP contribution in [-0.4, -0.2) is 46.9 Å². The second-order valence-corrected chi connectivity index (χ2v) is 8.20. The summed E-state index contributed by atoms with van der Waals surface area (Å²) in [7, 11) is 3.22. The van der Waals surface area contributed by atoms with E-state index in [2.05, 4.69) is 37.0 Å². The molecule has 0 saturated carbocycles. The molecule has 0 radical (unpaired) electrons. The number of aromatic nitrogens is 2. The van der Waals surface area contributed by atoms with Crippen molar-refractivity contribution in [1.82, 2.24) is 14.5 Å². The van der Waals surface area contributed by atoms with Gasteiger partial charge in [0.2, 0.25) is 5.91 Å². The van der Waals surface area contributed by atoms with E-state index in [-0.39, 0.29) is 5.91 Å². The molecular weight excluding hydrogens is 410 g/mol. The van der Waals surface area contributed by atoms with E-state index in [1.54, 1.807) is 20.4 Å². The number of benzene rings is 2. The largest absolute Gasteiger partial charge is 0.493 e. The van der Waals surface area contributed by atoms with Gasteiger partial charge in [-0.25, -0.2) is 4.98 Å². The van der Waals surface area contributed by atoms with E-state index in [4.69, 9.17) is 9.47 Å². The van der Waals surface area contributed by atoms with Crippen LogP contribution in [0.1, 0.15) is 23.6 Å². The molecule has 1 heterocycles. The summed E-state index contributed by atoms with van der Waals surface area (Å²) in [6, 6.07) is 12.1. The Balaban J connectivity index is 1.68. The smallest absolute Gasteiger partial charge is 0.233 e. The van der Waals surface area contributed by atoms with Crippen molar-refractivity contribution < 1.29 is 14.3 Å². The monoisotopic (exact) mass is 439 g/mol. The van der Waals surface area contributed by atoms with Crippen molar-refractivity contribution in [3.05, 3.63) is 65.5 Å². The molecule has 3 aromatic rings. The number of rotatable bonds is 9. The summed E-state index contributed by atoms with van der Waals surface area (Å²) in [5, 5.41) is 0.808. The van der Waals surface area contributed by atoms with Crippen molar-refractivity contribution in [2.45, 2.75) is 32.5 Å². The molecule has 2 aromatic carbocycles. The van der Waals surface area contributed by atoms with Gasteiger partial charge in [-0.1, -0.05) is 35.5 Å². The van der Waals surface area contributed by atoms with Gasteiger partial charge in [-0.15, -0.1) is 0 Å². The van der Waals surface area contributed by atoms with E-state index in [1.807, 2.05) is 40.8 Å². The minimum absolute atomic E-state index is 0.0671. The lowest BCUT2D eigenvalue weighted by molar-refractivity contribution is -0.128. The van der Waals surface area contributed by atoms with Gasteiger partial charge in [-0.2, -0.15) is 0 Å². The van der Waals surface area contributed by atoms with Crippen LogP contribution in [0.5, 0.6) is 11.5 Å². The Morgan fingerprint density at radius 2 is 1.87 bits per heavy atom. The minimum atomic E-state index is 0.0671. The lowest BCUT2D eigenvalue weighted by Gasteiger charge is -2.21. The van der Waals surface area contributed by atoms with E-state index < -0.39 is 0 Å². The molecule has 0 spiro atoms. The third-order valence-electron chi connectivity index (χ3n) is 5.10. The van der Waals surface area contributed by atoms with Crippen LogP contribution < -0.4 is 9.47 Å². The van der Waals surface area contributed by atoms with Crippen LogP contribution >= 0.6 is 11.8 Å². The normalized spacial score (nSPS) is 10.7. The Bertz CT molecular complexity index is 1050. The zero-order valence-electron chi connectivity index (χ0n) is 18.7. The van der Waals surface area contributed by atoms with Crippen molar-refractivity contribution in [3.63, 3.8) is 0 Å². The zero-order valence-corrected chi connectivity index (χ0v) is 19.5. The Kier molecular flexibility index (Phi) is 7.63. The number of nitrogens with zero attached hydrogens (tertiary/aromatic N) is 3. The zero-order chi connectivity index (χ0) is 22.4. The van der Waals surface area contributed by atoms with Crippen LogP contribution in [0.2, 0.25) is 0 Å². The molecule has 0 aliphatic heterocycles. The number of ether oxygens (including phenoxy) is 2. The number of aryl methyl sites for hydroxylation is 2. The summed E-state index contributed by atoms with van der Waals surface area (Å²) in [6.07, 6.45) is 3.71. The summed E-state index contributed by atoms with van der Waals surface area (Å²) in [5.74, 6) is 1.73. The van der Waals surface area contributed by atoms with Crippen molar-refractivity contribution in [3.8, 4) is 17.2 Å². The maximum absolute atomic E-state index is 12.9. The van der Waals surface area contributed by atoms with E-state index in [0.717, 1.165) is 16.4 Å². The summed E-state index contributed by atoms with van der Waals surface area (Å²) in [5.41, 5.74) is 4.47. The molecule has 0 aliphatic rings. The number of carbonyl (C=O) groups excluding carboxylic acids is 1. The molecule has 164 valence electrons. The highest BCUT2D eigenvalue weighted by atomic mass is 32.2. The van der Waals surface area contributed by atoms with Crippen LogP contribution in [-0.2, 0) is 11.3 Å². The summed E-state index contributed by atoms with van der Waals surface area (Å²) >= 11 is 1.45. The van der Waals surface area contributed by atoms with Crippen LogP contribution in [0, 0.1) is 13.8 Å². The highest BCUT2D eigenvalue weighted by Crippen LogP contribution is 2.28. The topological polar surface area (TPSA) is 56.6 Å². The second-order valence-electron chi connectivity index (χ2n) is 7.26. The SMILES string of the molecule is CCN(Cc1ccc(OC)c(OC)c1)C(=O)CSc1nccn1-c1ccc(C)cc1C. The molecule has 0 bridgehead atoms. The fourth-order valence-corrected chi connectivity index (χ4v) is 4.32. The van der Waals surface area contributed by atoms with Crippen LogP contribution in [0.25, 0.3) is 5.69 Å². The molecule has 7 heteroatoms. The summed E-state index contributed by atoms with van der Waals surface area (Å²) < 4.78 is 12.7. The standard InChI is InChI=1S/C24H29N3O3S/c1-6-26(15-19-8-10-21(29-4)22(14-19)30-5)23(28)16-31-24-25-11-12-27(24)20-9-7-17(2)13-18(20)3/h7-14H,6,15-16H2,1-5H3. The lowest BCUT2D eigenvalue weighted by Crippen LogP contribution is -2.31. The number of methoxy groups -OCH3 is 2. The number of amides is 1. The molecule has 0 aliphatic carbocycles. The number of thioether (sulfide) groups is 1. The predicted molar refractivity (Wildman–Crippen MR) is 124 cm³/mol. The maximum Gasteiger partial charge on any atom is 0.233 e. The van der Waals surface area contributed by atoms with Crippen LogP contribution in [0.15, 0.2) is 53.9 Å². The van der Waals surface area contributed by atoms with E-state index in [9.17, 15) is 4.79 Å². The Morgan fingerprint density at radius 3 is 2.55 bits per heavy atom. The van der Waals surface area contributed by atoms with Crippen molar-refractivity contribution in [2.24, 2.45) is 0 Å². The Morgan fingerprint density at radius 1 is 1.10 bits per heavy atom. The second kappa shape index (κ2) is 10.4. The molecule has 0 unspecified atom stereocenters. The number of hydrogen-bond donors (Lipinski definition) is 0. The lowest BCUT2D eigenvalue weighted by atomic mass is 10.1. The third-order valence-corrected chi connectivity index (χ3v) is 6.05. The highest BCUT2D eigenvalue weighted by molar-refractivity contribution is 7.99. The molecule has 0 fully saturated rings. The van der Waals surface area contributed by atoms with E-state index >= 15 is 0 Å². The molecule has 1 aromatic heterocycles. The average Bonchev–Trinajstić information content (AvgIpc) is 3.23. The number of carbonyl (C=O) groups is 1. The van der Waals surface area contributed by atoms with E-state index in [1.165, 1.54) is 22.9 Å². The average molecular weight is 440 g/mol. The molecule has 0 N–H and O–H groups in total. The first-order chi connectivity index (χ1) is 15.0. The van der Waals surface area contributed by atoms with Gasteiger partial charge in [-0.05, 0) is 50.1 Å². The number of hydrogen-bond acceptors (Lipinski definition) is 5. The Labute approximate surface area is 188 Å². The summed E-state index contributed by atoms with van der Waals surface area (Å²) in [4.78, 5) is 19.2. The van der Waals surface area contributed by atoms with Gasteiger partial charge < -0.3 is 14.4 Å². The third kappa shape index (κ3) is 5.41. The van der Waals surface area contributed by atoms with Gasteiger partial charge >= 0.3 is 0 Å². The molecular formula is C24H29N3O3S. The molecule has 0 saturated heterocycles. The first-order valence-corrected chi connectivity index (χ1v) is 11.2. The van der Waals surface area contributed by atoms with Gasteiger partial charge in [0, 0.05) is 25.5 Å². The van der Waals surface area contributed by atoms with Crippen molar-refractivity contribution in [2.75, 3.05) is 26.5 Å². The first kappa shape index (κ1) is 22.7. The fourth-order valence-electron chi connectivity index (χ4n) is 3.45. The molecule has 31 heavy (non-hydrogen) atoms.